The van der Waals surface area contributed by atoms with Crippen LogP contribution in [-0.4, -0.2) is 0 Å². The largest absolute Gasteiger partial charge is 0.416 e. The lowest BCUT2D eigenvalue weighted by Crippen LogP contribution is -2.07. The number of benzene rings is 2. The van der Waals surface area contributed by atoms with Gasteiger partial charge in [-0.2, -0.15) is 13.2 Å². The molecule has 0 spiro atoms. The van der Waals surface area contributed by atoms with Crippen LogP contribution in [0.5, 0.6) is 0 Å². The first-order valence-electron chi connectivity index (χ1n) is 5.71. The molecule has 0 unspecified atom stereocenters. The van der Waals surface area contributed by atoms with Crippen LogP contribution in [0.1, 0.15) is 11.1 Å². The SMILES string of the molecule is FC(F)(F)c1cccc(CNc2cc(Br)ccc2Cl)c1. The van der Waals surface area contributed by atoms with Gasteiger partial charge in [0.05, 0.1) is 16.3 Å². The molecule has 0 amide bonds. The normalized spacial score (nSPS) is 11.4. The molecule has 1 N–H and O–H groups in total. The van der Waals surface area contributed by atoms with Crippen molar-refractivity contribution >= 4 is 33.2 Å². The first kappa shape index (κ1) is 15.2. The average Bonchev–Trinajstić information content (AvgIpc) is 2.39. The van der Waals surface area contributed by atoms with E-state index in [9.17, 15) is 13.2 Å². The third kappa shape index (κ3) is 3.90. The molecule has 2 aromatic rings. The summed E-state index contributed by atoms with van der Waals surface area (Å²) in [6.45, 7) is 0.264. The Bertz CT molecular complexity index is 614. The minimum Gasteiger partial charge on any atom is -0.380 e. The Labute approximate surface area is 127 Å². The summed E-state index contributed by atoms with van der Waals surface area (Å²) in [6, 6.07) is 10.5. The van der Waals surface area contributed by atoms with Gasteiger partial charge in [-0.3, -0.25) is 0 Å². The molecule has 6 heteroatoms. The summed E-state index contributed by atoms with van der Waals surface area (Å²) >= 11 is 9.32. The Morgan fingerprint density at radius 2 is 1.85 bits per heavy atom. The van der Waals surface area contributed by atoms with Crippen LogP contribution in [0.2, 0.25) is 5.02 Å². The van der Waals surface area contributed by atoms with Crippen LogP contribution in [-0.2, 0) is 12.7 Å². The first-order chi connectivity index (χ1) is 9.36. The number of halogens is 5. The zero-order chi connectivity index (χ0) is 14.8. The third-order valence-electron chi connectivity index (χ3n) is 2.67. The highest BCUT2D eigenvalue weighted by molar-refractivity contribution is 9.10. The second kappa shape index (κ2) is 6.06. The lowest BCUT2D eigenvalue weighted by Gasteiger charge is -2.11. The summed E-state index contributed by atoms with van der Waals surface area (Å²) in [5.41, 5.74) is 0.548. The van der Waals surface area contributed by atoms with Crippen molar-refractivity contribution in [2.24, 2.45) is 0 Å². The van der Waals surface area contributed by atoms with Crippen LogP contribution in [0.25, 0.3) is 0 Å². The van der Waals surface area contributed by atoms with Gasteiger partial charge in [0.25, 0.3) is 0 Å². The number of hydrogen-bond donors (Lipinski definition) is 1. The molecule has 0 heterocycles. The van der Waals surface area contributed by atoms with Gasteiger partial charge in [-0.05, 0) is 35.9 Å². The molecule has 0 aliphatic rings. The van der Waals surface area contributed by atoms with E-state index < -0.39 is 11.7 Å². The van der Waals surface area contributed by atoms with Crippen molar-refractivity contribution in [1.29, 1.82) is 0 Å². The molecule has 0 saturated heterocycles. The Balaban J connectivity index is 2.13. The van der Waals surface area contributed by atoms with Crippen LogP contribution in [0.3, 0.4) is 0 Å². The molecular weight excluding hydrogens is 355 g/mol. The summed E-state index contributed by atoms with van der Waals surface area (Å²) < 4.78 is 38.6. The lowest BCUT2D eigenvalue weighted by atomic mass is 10.1. The van der Waals surface area contributed by atoms with Crippen molar-refractivity contribution in [3.63, 3.8) is 0 Å². The molecule has 0 fully saturated rings. The monoisotopic (exact) mass is 363 g/mol. The van der Waals surface area contributed by atoms with E-state index >= 15 is 0 Å². The van der Waals surface area contributed by atoms with E-state index in [1.165, 1.54) is 6.07 Å². The quantitative estimate of drug-likeness (QED) is 0.733. The molecule has 0 radical (unpaired) electrons. The van der Waals surface area contributed by atoms with Crippen LogP contribution < -0.4 is 5.32 Å². The van der Waals surface area contributed by atoms with Crippen LogP contribution >= 0.6 is 27.5 Å². The van der Waals surface area contributed by atoms with E-state index in [1.54, 1.807) is 24.3 Å². The predicted molar refractivity (Wildman–Crippen MR) is 77.9 cm³/mol. The highest BCUT2D eigenvalue weighted by Crippen LogP contribution is 2.30. The van der Waals surface area contributed by atoms with Crippen molar-refractivity contribution in [3.05, 3.63) is 63.1 Å². The molecule has 20 heavy (non-hydrogen) atoms. The Hall–Kier alpha value is -1.20. The van der Waals surface area contributed by atoms with Gasteiger partial charge in [-0.1, -0.05) is 39.7 Å². The number of anilines is 1. The van der Waals surface area contributed by atoms with Crippen molar-refractivity contribution < 1.29 is 13.2 Å². The highest BCUT2D eigenvalue weighted by atomic mass is 79.9. The smallest absolute Gasteiger partial charge is 0.380 e. The molecule has 0 aliphatic carbocycles. The topological polar surface area (TPSA) is 12.0 Å². The molecule has 0 atom stereocenters. The predicted octanol–water partition coefficient (Wildman–Crippen LogP) is 5.73. The van der Waals surface area contributed by atoms with Gasteiger partial charge >= 0.3 is 6.18 Å². The molecule has 0 bridgehead atoms. The van der Waals surface area contributed by atoms with Gasteiger partial charge in [0.15, 0.2) is 0 Å². The molecule has 0 saturated carbocycles. The average molecular weight is 365 g/mol. The fourth-order valence-electron chi connectivity index (χ4n) is 1.69. The van der Waals surface area contributed by atoms with E-state index in [1.807, 2.05) is 0 Å². The second-order valence-corrected chi connectivity index (χ2v) is 5.50. The molecule has 2 aromatic carbocycles. The van der Waals surface area contributed by atoms with E-state index in [4.69, 9.17) is 11.6 Å². The van der Waals surface area contributed by atoms with Gasteiger partial charge in [0.1, 0.15) is 0 Å². The standard InChI is InChI=1S/C14H10BrClF3N/c15-11-4-5-12(16)13(7-11)20-8-9-2-1-3-10(6-9)14(17,18)19/h1-7,20H,8H2. The van der Waals surface area contributed by atoms with E-state index in [-0.39, 0.29) is 6.54 Å². The number of rotatable bonds is 3. The third-order valence-corrected chi connectivity index (χ3v) is 3.49. The fourth-order valence-corrected chi connectivity index (χ4v) is 2.23. The van der Waals surface area contributed by atoms with Gasteiger partial charge < -0.3 is 5.32 Å². The van der Waals surface area contributed by atoms with Crippen LogP contribution in [0.15, 0.2) is 46.9 Å². The molecule has 0 aromatic heterocycles. The minimum absolute atomic E-state index is 0.264. The number of hydrogen-bond acceptors (Lipinski definition) is 1. The van der Waals surface area contributed by atoms with Crippen LogP contribution in [0, 0.1) is 0 Å². The van der Waals surface area contributed by atoms with Crippen LogP contribution in [0.4, 0.5) is 18.9 Å². The molecular formula is C14H10BrClF3N. The summed E-state index contributed by atoms with van der Waals surface area (Å²) in [6.07, 6.45) is -4.33. The molecule has 106 valence electrons. The van der Waals surface area contributed by atoms with Crippen molar-refractivity contribution in [1.82, 2.24) is 0 Å². The number of nitrogens with one attached hydrogen (secondary N) is 1. The maximum absolute atomic E-state index is 12.6. The number of alkyl halides is 3. The van der Waals surface area contributed by atoms with E-state index in [0.29, 0.717) is 16.3 Å². The Kier molecular flexibility index (Phi) is 4.60. The fraction of sp³-hybridized carbons (Fsp3) is 0.143. The van der Waals surface area contributed by atoms with E-state index in [2.05, 4.69) is 21.2 Å². The minimum atomic E-state index is -4.33. The zero-order valence-corrected chi connectivity index (χ0v) is 12.5. The summed E-state index contributed by atoms with van der Waals surface area (Å²) in [4.78, 5) is 0. The molecule has 0 aliphatic heterocycles. The Morgan fingerprint density at radius 1 is 1.10 bits per heavy atom. The van der Waals surface area contributed by atoms with Gasteiger partial charge in [-0.25, -0.2) is 0 Å². The summed E-state index contributed by atoms with van der Waals surface area (Å²) in [7, 11) is 0. The molecule has 1 nitrogen and oxygen atoms in total. The van der Waals surface area contributed by atoms with Crippen molar-refractivity contribution in [3.8, 4) is 0 Å². The Morgan fingerprint density at radius 3 is 2.55 bits per heavy atom. The lowest BCUT2D eigenvalue weighted by molar-refractivity contribution is -0.137. The highest BCUT2D eigenvalue weighted by Gasteiger charge is 2.30. The second-order valence-electron chi connectivity index (χ2n) is 4.18. The summed E-state index contributed by atoms with van der Waals surface area (Å²) in [5.74, 6) is 0. The van der Waals surface area contributed by atoms with E-state index in [0.717, 1.165) is 16.6 Å². The molecule has 2 rings (SSSR count). The zero-order valence-electron chi connectivity index (χ0n) is 10.1. The maximum Gasteiger partial charge on any atom is 0.416 e. The maximum atomic E-state index is 12.6. The van der Waals surface area contributed by atoms with Crippen molar-refractivity contribution in [2.75, 3.05) is 5.32 Å². The first-order valence-corrected chi connectivity index (χ1v) is 6.88. The van der Waals surface area contributed by atoms with Gasteiger partial charge in [-0.15, -0.1) is 0 Å². The van der Waals surface area contributed by atoms with Crippen molar-refractivity contribution in [2.45, 2.75) is 12.7 Å². The van der Waals surface area contributed by atoms with Gasteiger partial charge in [0.2, 0.25) is 0 Å². The van der Waals surface area contributed by atoms with Gasteiger partial charge in [0, 0.05) is 11.0 Å². The summed E-state index contributed by atoms with van der Waals surface area (Å²) in [5, 5.41) is 3.53.